The zero-order chi connectivity index (χ0) is 24.1. The van der Waals surface area contributed by atoms with E-state index in [2.05, 4.69) is 25.2 Å². The number of ether oxygens (including phenoxy) is 1. The van der Waals surface area contributed by atoms with E-state index in [1.54, 1.807) is 6.92 Å². The zero-order valence-corrected chi connectivity index (χ0v) is 19.7. The van der Waals surface area contributed by atoms with Crippen molar-refractivity contribution in [1.29, 1.82) is 0 Å². The summed E-state index contributed by atoms with van der Waals surface area (Å²) in [6, 6.07) is 1.12. The van der Waals surface area contributed by atoms with Crippen LogP contribution in [0.15, 0.2) is 23.4 Å². The van der Waals surface area contributed by atoms with E-state index in [1.807, 2.05) is 4.90 Å². The summed E-state index contributed by atoms with van der Waals surface area (Å²) < 4.78 is 75.4. The minimum atomic E-state index is -3.98. The highest BCUT2D eigenvalue weighted by Crippen LogP contribution is 2.33. The van der Waals surface area contributed by atoms with Crippen LogP contribution in [0.5, 0.6) is 0 Å². The van der Waals surface area contributed by atoms with Crippen LogP contribution in [-0.4, -0.2) is 79.1 Å². The molecule has 0 aromatic carbocycles. The number of rotatable bonds is 7. The van der Waals surface area contributed by atoms with Gasteiger partial charge in [-0.3, -0.25) is 4.40 Å². The van der Waals surface area contributed by atoms with Gasteiger partial charge in [0.1, 0.15) is 11.6 Å². The van der Waals surface area contributed by atoms with E-state index in [-0.39, 0.29) is 28.9 Å². The Labute approximate surface area is 197 Å². The van der Waals surface area contributed by atoms with Gasteiger partial charge in [-0.25, -0.2) is 31.3 Å². The van der Waals surface area contributed by atoms with Gasteiger partial charge in [0.15, 0.2) is 15.8 Å². The number of hydrogen-bond acceptors (Lipinski definition) is 9. The Hall–Kier alpha value is -2.33. The van der Waals surface area contributed by atoms with Crippen molar-refractivity contribution in [2.75, 3.05) is 44.4 Å². The highest BCUT2D eigenvalue weighted by molar-refractivity contribution is 7.89. The van der Waals surface area contributed by atoms with Gasteiger partial charge in [0, 0.05) is 25.8 Å². The van der Waals surface area contributed by atoms with Crippen LogP contribution < -0.4 is 14.9 Å². The van der Waals surface area contributed by atoms with Gasteiger partial charge in [-0.1, -0.05) is 11.3 Å². The van der Waals surface area contributed by atoms with Gasteiger partial charge in [0.05, 0.1) is 42.2 Å². The van der Waals surface area contributed by atoms with E-state index in [0.29, 0.717) is 42.2 Å². The number of alkyl halides is 3. The quantitative estimate of drug-likeness (QED) is 0.486. The molecule has 15 heteroatoms. The summed E-state index contributed by atoms with van der Waals surface area (Å²) >= 11 is 0.685. The van der Waals surface area contributed by atoms with Gasteiger partial charge in [-0.05, 0) is 13.0 Å². The van der Waals surface area contributed by atoms with E-state index in [0.717, 1.165) is 0 Å². The van der Waals surface area contributed by atoms with Crippen molar-refractivity contribution in [3.63, 3.8) is 0 Å². The summed E-state index contributed by atoms with van der Waals surface area (Å²) in [5.74, 6) is 0.188. The van der Waals surface area contributed by atoms with Crippen LogP contribution in [0.3, 0.4) is 0 Å². The Balaban J connectivity index is 1.64. The first-order valence-corrected chi connectivity index (χ1v) is 12.8. The van der Waals surface area contributed by atoms with Gasteiger partial charge < -0.3 is 15.0 Å². The molecule has 0 spiro atoms. The number of aromatic nitrogens is 4. The molecule has 0 bridgehead atoms. The summed E-state index contributed by atoms with van der Waals surface area (Å²) in [7, 11) is -3.98. The van der Waals surface area contributed by atoms with Crippen LogP contribution in [0.25, 0.3) is 16.3 Å². The van der Waals surface area contributed by atoms with Crippen LogP contribution in [-0.2, 0) is 14.8 Å². The number of piperazine rings is 1. The summed E-state index contributed by atoms with van der Waals surface area (Å²) in [5, 5.41) is 10.1. The average molecular weight is 518 g/mol. The smallest absolute Gasteiger partial charge is 0.291 e. The molecule has 0 aliphatic carbocycles. The van der Waals surface area contributed by atoms with Gasteiger partial charge in [-0.2, -0.15) is 0 Å². The number of fused-ring (bicyclic) bond motifs is 1. The van der Waals surface area contributed by atoms with Crippen molar-refractivity contribution in [2.45, 2.75) is 29.8 Å². The van der Waals surface area contributed by atoms with E-state index in [9.17, 15) is 21.6 Å². The van der Waals surface area contributed by atoms with Crippen LogP contribution in [0.1, 0.15) is 18.4 Å². The molecule has 2 saturated heterocycles. The molecular formula is C19H22F3N7O3S2. The molecule has 0 saturated carbocycles. The Bertz CT molecular complexity index is 1310. The fraction of sp³-hybridized carbons (Fsp3) is 0.526. The first kappa shape index (κ1) is 23.4. The predicted octanol–water partition coefficient (Wildman–Crippen LogP) is 1.61. The number of nitrogens with zero attached hydrogens (tertiary/aromatic N) is 5. The SMILES string of the molecule is CC1(NS(=O)(=O)c2cc(N3CCN[C@H](CF)C3)c3cnc(-c4nnc(C(F)F)s4)n3c2)COC1. The maximum absolute atomic E-state index is 13.4. The van der Waals surface area contributed by atoms with Crippen molar-refractivity contribution in [2.24, 2.45) is 0 Å². The molecule has 10 nitrogen and oxygen atoms in total. The topological polar surface area (TPSA) is 114 Å². The number of hydrogen-bond donors (Lipinski definition) is 2. The lowest BCUT2D eigenvalue weighted by Gasteiger charge is -2.38. The molecule has 3 aromatic rings. The molecule has 2 fully saturated rings. The van der Waals surface area contributed by atoms with Crippen LogP contribution >= 0.6 is 11.3 Å². The first-order chi connectivity index (χ1) is 16.2. The Morgan fingerprint density at radius 3 is 2.82 bits per heavy atom. The third-order valence-electron chi connectivity index (χ3n) is 5.73. The molecule has 2 N–H and O–H groups in total. The first-order valence-electron chi connectivity index (χ1n) is 10.5. The number of sulfonamides is 1. The van der Waals surface area contributed by atoms with E-state index in [4.69, 9.17) is 4.74 Å². The molecule has 184 valence electrons. The average Bonchev–Trinajstić information content (AvgIpc) is 3.44. The third-order valence-corrected chi connectivity index (χ3v) is 8.26. The van der Waals surface area contributed by atoms with Crippen molar-refractivity contribution in [1.82, 2.24) is 29.6 Å². The fourth-order valence-electron chi connectivity index (χ4n) is 4.02. The van der Waals surface area contributed by atoms with Gasteiger partial charge in [0.25, 0.3) is 6.43 Å². The lowest BCUT2D eigenvalue weighted by Crippen LogP contribution is -2.59. The second kappa shape index (κ2) is 8.71. The highest BCUT2D eigenvalue weighted by Gasteiger charge is 2.38. The molecule has 2 aliphatic heterocycles. The molecule has 1 atom stereocenters. The maximum atomic E-state index is 13.4. The largest absolute Gasteiger partial charge is 0.377 e. The molecule has 0 radical (unpaired) electrons. The normalized spacial score (nSPS) is 20.7. The third kappa shape index (κ3) is 4.26. The molecule has 3 aromatic heterocycles. The Morgan fingerprint density at radius 2 is 2.18 bits per heavy atom. The number of nitrogens with one attached hydrogen (secondary N) is 2. The number of anilines is 1. The number of pyridine rings is 1. The molecule has 0 amide bonds. The Morgan fingerprint density at radius 1 is 1.38 bits per heavy atom. The molecular weight excluding hydrogens is 495 g/mol. The molecule has 0 unspecified atom stereocenters. The lowest BCUT2D eigenvalue weighted by molar-refractivity contribution is -0.0523. The Kier molecular flexibility index (Phi) is 6.00. The van der Waals surface area contributed by atoms with Crippen molar-refractivity contribution >= 4 is 32.6 Å². The predicted molar refractivity (Wildman–Crippen MR) is 119 cm³/mol. The molecule has 5 rings (SSSR count). The second-order valence-electron chi connectivity index (χ2n) is 8.55. The monoisotopic (exact) mass is 517 g/mol. The summed E-state index contributed by atoms with van der Waals surface area (Å²) in [4.78, 5) is 6.18. The fourth-order valence-corrected chi connectivity index (χ4v) is 6.11. The second-order valence-corrected chi connectivity index (χ2v) is 11.2. The lowest BCUT2D eigenvalue weighted by atomic mass is 10.0. The van der Waals surface area contributed by atoms with Crippen LogP contribution in [0.4, 0.5) is 18.9 Å². The number of halogens is 3. The van der Waals surface area contributed by atoms with E-state index >= 15 is 0 Å². The van der Waals surface area contributed by atoms with Gasteiger partial charge >= 0.3 is 0 Å². The summed E-state index contributed by atoms with van der Waals surface area (Å²) in [6.07, 6.45) is 0.119. The number of imidazole rings is 1. The van der Waals surface area contributed by atoms with Gasteiger partial charge in [0.2, 0.25) is 10.0 Å². The van der Waals surface area contributed by atoms with E-state index < -0.39 is 39.7 Å². The molecule has 5 heterocycles. The van der Waals surface area contributed by atoms with Crippen LogP contribution in [0.2, 0.25) is 0 Å². The minimum Gasteiger partial charge on any atom is -0.377 e. The van der Waals surface area contributed by atoms with Crippen LogP contribution in [0, 0.1) is 0 Å². The minimum absolute atomic E-state index is 0.0451. The van der Waals surface area contributed by atoms with Gasteiger partial charge in [-0.15, -0.1) is 10.2 Å². The summed E-state index contributed by atoms with van der Waals surface area (Å²) in [6.45, 7) is 3.01. The summed E-state index contributed by atoms with van der Waals surface area (Å²) in [5.41, 5.74) is 0.349. The standard InChI is InChI=1S/C19H22F3N7O3S2/c1-19(9-32-10-19)27-34(30,31)12-4-13(28-3-2-23-11(5-20)7-28)14-6-24-16(29(14)8-12)18-26-25-17(33-18)15(21)22/h4,6,8,11,15,23,27H,2-3,5,7,9-10H2,1H3/t11-/m1/s1. The zero-order valence-electron chi connectivity index (χ0n) is 18.0. The maximum Gasteiger partial charge on any atom is 0.291 e. The van der Waals surface area contributed by atoms with Crippen molar-refractivity contribution in [3.8, 4) is 10.8 Å². The van der Waals surface area contributed by atoms with E-state index in [1.165, 1.54) is 22.9 Å². The molecule has 34 heavy (non-hydrogen) atoms. The molecule has 2 aliphatic rings. The van der Waals surface area contributed by atoms with Crippen molar-refractivity contribution < 1.29 is 26.3 Å². The van der Waals surface area contributed by atoms with Crippen molar-refractivity contribution in [3.05, 3.63) is 23.5 Å². The highest BCUT2D eigenvalue weighted by atomic mass is 32.2.